The third-order valence-electron chi connectivity index (χ3n) is 5.73. The Morgan fingerprint density at radius 1 is 1.19 bits per heavy atom. The van der Waals surface area contributed by atoms with Crippen LogP contribution in [0.3, 0.4) is 0 Å². The number of amides is 1. The normalized spacial score (nSPS) is 23.1. The molecule has 2 aliphatic heterocycles. The summed E-state index contributed by atoms with van der Waals surface area (Å²) in [4.78, 5) is 27.0. The highest BCUT2D eigenvalue weighted by atomic mass is 32.2. The lowest BCUT2D eigenvalue weighted by Gasteiger charge is -2.37. The largest absolute Gasteiger partial charge is 0.435 e. The van der Waals surface area contributed by atoms with Crippen LogP contribution in [-0.4, -0.2) is 43.3 Å². The predicted octanol–water partition coefficient (Wildman–Crippen LogP) is 3.18. The molecule has 7 nitrogen and oxygen atoms in total. The number of halogens is 2. The van der Waals surface area contributed by atoms with Gasteiger partial charge in [-0.05, 0) is 37.3 Å². The molecule has 0 saturated carbocycles. The summed E-state index contributed by atoms with van der Waals surface area (Å²) in [6, 6.07) is 9.95. The van der Waals surface area contributed by atoms with Gasteiger partial charge in [0.05, 0.1) is 22.9 Å². The quantitative estimate of drug-likeness (QED) is 0.658. The highest BCUT2D eigenvalue weighted by Crippen LogP contribution is 2.45. The molecule has 0 aliphatic carbocycles. The lowest BCUT2D eigenvalue weighted by molar-refractivity contribution is -0.133. The highest BCUT2D eigenvalue weighted by molar-refractivity contribution is 7.92. The Kier molecular flexibility index (Phi) is 5.13. The van der Waals surface area contributed by atoms with Crippen molar-refractivity contribution >= 4 is 32.9 Å². The first kappa shape index (κ1) is 22.3. The maximum atomic E-state index is 13.0. The second kappa shape index (κ2) is 7.35. The fraction of sp³-hybridized carbons (Fsp3) is 0.364. The van der Waals surface area contributed by atoms with E-state index in [1.54, 1.807) is 6.92 Å². The zero-order chi connectivity index (χ0) is 23.5. The molecular formula is C22H21F2NO6S. The molecular weight excluding hydrogens is 444 g/mol. The first-order valence-electron chi connectivity index (χ1n) is 9.81. The molecule has 2 aliphatic rings. The van der Waals surface area contributed by atoms with Crippen molar-refractivity contribution in [2.75, 3.05) is 16.4 Å². The van der Waals surface area contributed by atoms with Crippen LogP contribution in [0.25, 0.3) is 0 Å². The van der Waals surface area contributed by atoms with Gasteiger partial charge in [0, 0.05) is 29.0 Å². The predicted molar refractivity (Wildman–Crippen MR) is 112 cm³/mol. The van der Waals surface area contributed by atoms with E-state index in [2.05, 4.69) is 4.74 Å². The summed E-state index contributed by atoms with van der Waals surface area (Å²) < 4.78 is 52.6. The summed E-state index contributed by atoms with van der Waals surface area (Å²) in [6.07, 6.45) is 0.0256. The molecule has 2 aromatic rings. The van der Waals surface area contributed by atoms with Gasteiger partial charge in [-0.3, -0.25) is 14.5 Å². The molecule has 0 bridgehead atoms. The molecule has 170 valence electrons. The van der Waals surface area contributed by atoms with E-state index >= 15 is 0 Å². The maximum Gasteiger partial charge on any atom is 0.387 e. The number of carbonyl (C=O) groups excluding carboxylic acids is 2. The Labute approximate surface area is 183 Å². The maximum absolute atomic E-state index is 13.0. The number of aliphatic hydroxyl groups is 1. The van der Waals surface area contributed by atoms with Crippen LogP contribution in [0.4, 0.5) is 20.2 Å². The topological polar surface area (TPSA) is 101 Å². The number of hydrogen-bond donors (Lipinski definition) is 1. The molecule has 1 fully saturated rings. The van der Waals surface area contributed by atoms with Crippen LogP contribution in [0.1, 0.15) is 36.2 Å². The Morgan fingerprint density at radius 3 is 2.50 bits per heavy atom. The number of nitrogens with zero attached hydrogens (tertiary/aromatic N) is 1. The van der Waals surface area contributed by atoms with Gasteiger partial charge in [0.15, 0.2) is 21.2 Å². The summed E-state index contributed by atoms with van der Waals surface area (Å²) in [6.45, 7) is -0.00673. The summed E-state index contributed by atoms with van der Waals surface area (Å²) in [5, 5.41) is 10.9. The molecule has 0 radical (unpaired) electrons. The number of carbonyl (C=O) groups is 2. The fourth-order valence-electron chi connectivity index (χ4n) is 4.40. The number of hydrogen-bond acceptors (Lipinski definition) is 6. The molecule has 0 spiro atoms. The van der Waals surface area contributed by atoms with Crippen LogP contribution in [0, 0.1) is 5.41 Å². The van der Waals surface area contributed by atoms with Gasteiger partial charge in [-0.25, -0.2) is 8.42 Å². The zero-order valence-corrected chi connectivity index (χ0v) is 18.2. The first-order chi connectivity index (χ1) is 14.8. The van der Waals surface area contributed by atoms with Crippen molar-refractivity contribution in [1.82, 2.24) is 0 Å². The van der Waals surface area contributed by atoms with E-state index in [0.717, 1.165) is 0 Å². The second-order valence-corrected chi connectivity index (χ2v) is 10.8. The highest BCUT2D eigenvalue weighted by Gasteiger charge is 2.48. The van der Waals surface area contributed by atoms with Gasteiger partial charge in [0.2, 0.25) is 0 Å². The Balaban J connectivity index is 1.66. The molecule has 4 rings (SSSR count). The molecule has 1 N–H and O–H groups in total. The number of alkyl halides is 2. The molecule has 2 heterocycles. The minimum Gasteiger partial charge on any atom is -0.435 e. The summed E-state index contributed by atoms with van der Waals surface area (Å²) in [5.41, 5.74) is -1.61. The van der Waals surface area contributed by atoms with E-state index in [-0.39, 0.29) is 46.3 Å². The monoisotopic (exact) mass is 465 g/mol. The lowest BCUT2D eigenvalue weighted by Crippen LogP contribution is -2.47. The van der Waals surface area contributed by atoms with Gasteiger partial charge in [0.25, 0.3) is 5.91 Å². The summed E-state index contributed by atoms with van der Waals surface area (Å²) in [5.74, 6) is -1.26. The van der Waals surface area contributed by atoms with E-state index in [9.17, 15) is 31.9 Å². The third-order valence-corrected chi connectivity index (χ3v) is 8.00. The molecule has 2 aromatic carbocycles. The number of rotatable bonds is 6. The van der Waals surface area contributed by atoms with Crippen molar-refractivity contribution in [2.24, 2.45) is 5.41 Å². The number of Topliss-reactive ketones (excluding diaryl/α,β-unsaturated/α-hetero) is 1. The molecule has 1 unspecified atom stereocenters. The smallest absolute Gasteiger partial charge is 0.387 e. The third kappa shape index (κ3) is 3.88. The molecule has 10 heteroatoms. The van der Waals surface area contributed by atoms with Gasteiger partial charge >= 0.3 is 6.61 Å². The van der Waals surface area contributed by atoms with E-state index in [4.69, 9.17) is 0 Å². The Bertz CT molecular complexity index is 1210. The van der Waals surface area contributed by atoms with Gasteiger partial charge in [-0.15, -0.1) is 0 Å². The van der Waals surface area contributed by atoms with Crippen LogP contribution in [0.5, 0.6) is 5.75 Å². The first-order valence-corrected chi connectivity index (χ1v) is 11.6. The van der Waals surface area contributed by atoms with Crippen LogP contribution in [0.15, 0.2) is 42.5 Å². The van der Waals surface area contributed by atoms with Gasteiger partial charge in [0.1, 0.15) is 5.75 Å². The summed E-state index contributed by atoms with van der Waals surface area (Å²) >= 11 is 0. The number of sulfone groups is 1. The van der Waals surface area contributed by atoms with E-state index in [1.165, 1.54) is 54.3 Å². The number of benzene rings is 2. The van der Waals surface area contributed by atoms with Crippen LogP contribution in [-0.2, 0) is 20.2 Å². The van der Waals surface area contributed by atoms with Gasteiger partial charge in [-0.2, -0.15) is 8.78 Å². The molecule has 0 aromatic heterocycles. The van der Waals surface area contributed by atoms with E-state index in [0.29, 0.717) is 5.69 Å². The Morgan fingerprint density at radius 2 is 1.88 bits per heavy atom. The van der Waals surface area contributed by atoms with Crippen molar-refractivity contribution < 1.29 is 36.6 Å². The van der Waals surface area contributed by atoms with Gasteiger partial charge in [-0.1, -0.05) is 13.0 Å². The molecule has 32 heavy (non-hydrogen) atoms. The number of anilines is 2. The number of fused-ring (bicyclic) bond motifs is 1. The van der Waals surface area contributed by atoms with E-state index < -0.39 is 33.4 Å². The average Bonchev–Trinajstić information content (AvgIpc) is 2.85. The molecule has 1 saturated heterocycles. The zero-order valence-electron chi connectivity index (χ0n) is 17.3. The lowest BCUT2D eigenvalue weighted by atomic mass is 9.85. The van der Waals surface area contributed by atoms with Gasteiger partial charge < -0.3 is 9.84 Å². The molecule has 1 amide bonds. The summed E-state index contributed by atoms with van der Waals surface area (Å²) in [7, 11) is -3.10. The SMILES string of the molecule is CC1(CC(=O)c2ccc3c(c2)C(C)(O)C(=O)N3c2cccc(OC(F)F)c2)CS(=O)(=O)C1. The number of ether oxygens (including phenoxy) is 1. The minimum absolute atomic E-state index is 0.0256. The standard InChI is InChI=1S/C22H21F2NO6S/c1-21(11-32(29,30)12-21)10-18(26)13-6-7-17-16(8-13)22(2,28)19(27)25(17)14-4-3-5-15(9-14)31-20(23)24/h3-9,20,28H,10-12H2,1-2H3. The second-order valence-electron chi connectivity index (χ2n) is 8.76. The fourth-order valence-corrected chi connectivity index (χ4v) is 6.65. The number of ketones is 1. The van der Waals surface area contributed by atoms with Crippen molar-refractivity contribution in [1.29, 1.82) is 0 Å². The average molecular weight is 465 g/mol. The minimum atomic E-state index is -3.10. The van der Waals surface area contributed by atoms with E-state index in [1.807, 2.05) is 0 Å². The van der Waals surface area contributed by atoms with Crippen molar-refractivity contribution in [2.45, 2.75) is 32.5 Å². The van der Waals surface area contributed by atoms with Crippen LogP contribution < -0.4 is 9.64 Å². The van der Waals surface area contributed by atoms with Crippen molar-refractivity contribution in [3.8, 4) is 5.75 Å². The van der Waals surface area contributed by atoms with Crippen molar-refractivity contribution in [3.63, 3.8) is 0 Å². The molecule has 1 atom stereocenters. The van der Waals surface area contributed by atoms with Crippen LogP contribution >= 0.6 is 0 Å². The van der Waals surface area contributed by atoms with Crippen molar-refractivity contribution in [3.05, 3.63) is 53.6 Å². The van der Waals surface area contributed by atoms with Crippen LogP contribution in [0.2, 0.25) is 0 Å². The Hall–Kier alpha value is -2.85.